The Bertz CT molecular complexity index is 1160. The summed E-state index contributed by atoms with van der Waals surface area (Å²) in [5.41, 5.74) is 0.301. The van der Waals surface area contributed by atoms with E-state index in [4.69, 9.17) is 4.74 Å². The molecule has 0 saturated carbocycles. The molecule has 3 heterocycles. The van der Waals surface area contributed by atoms with E-state index in [1.54, 1.807) is 0 Å². The Morgan fingerprint density at radius 1 is 1.03 bits per heavy atom. The molecule has 0 atom stereocenters. The number of aromatic nitrogens is 4. The van der Waals surface area contributed by atoms with Gasteiger partial charge in [0.15, 0.2) is 0 Å². The number of nitrogens with one attached hydrogen (secondary N) is 1. The zero-order valence-electron chi connectivity index (χ0n) is 16.7. The highest BCUT2D eigenvalue weighted by atomic mass is 19.4. The maximum atomic E-state index is 12.7. The summed E-state index contributed by atoms with van der Waals surface area (Å²) in [5.74, 6) is -1.27. The van der Waals surface area contributed by atoms with Crippen molar-refractivity contribution < 1.29 is 35.9 Å². The molecule has 7 nitrogen and oxygen atoms in total. The summed E-state index contributed by atoms with van der Waals surface area (Å²) in [7, 11) is 0. The standard InChI is InChI=1S/C20H15F6N5O2/c21-19(22,23)11-1-3-13(4-2-11)33-17-14-5-6-31(9-15(14)28-10-29-17)16(32)7-12-8-27-18(30-12)20(24,25)26/h1-4,8,10H,5-7,9H2,(H,27,30). The van der Waals surface area contributed by atoms with Gasteiger partial charge in [-0.3, -0.25) is 4.79 Å². The summed E-state index contributed by atoms with van der Waals surface area (Å²) in [6.07, 6.45) is -6.92. The SMILES string of the molecule is O=C(Cc1cnc(C(F)(F)F)[nH]1)N1CCc2c(ncnc2Oc2ccc(C(F)(F)F)cc2)C1. The number of carbonyl (C=O) groups excluding carboxylic acids is 1. The molecule has 0 aliphatic carbocycles. The second-order valence-electron chi connectivity index (χ2n) is 7.23. The number of amides is 1. The Balaban J connectivity index is 1.44. The van der Waals surface area contributed by atoms with E-state index in [0.717, 1.165) is 18.3 Å². The van der Waals surface area contributed by atoms with Gasteiger partial charge in [0.1, 0.15) is 12.1 Å². The number of imidazole rings is 1. The van der Waals surface area contributed by atoms with E-state index in [1.165, 1.54) is 23.4 Å². The molecular weight excluding hydrogens is 456 g/mol. The summed E-state index contributed by atoms with van der Waals surface area (Å²) < 4.78 is 81.8. The lowest BCUT2D eigenvalue weighted by Crippen LogP contribution is -2.37. The smallest absolute Gasteiger partial charge is 0.439 e. The predicted molar refractivity (Wildman–Crippen MR) is 100.0 cm³/mol. The number of hydrogen-bond acceptors (Lipinski definition) is 5. The summed E-state index contributed by atoms with van der Waals surface area (Å²) in [6, 6.07) is 4.14. The number of aromatic amines is 1. The molecule has 3 aromatic rings. The molecule has 0 saturated heterocycles. The van der Waals surface area contributed by atoms with Crippen LogP contribution in [0.4, 0.5) is 26.3 Å². The Kier molecular flexibility index (Phi) is 5.72. The van der Waals surface area contributed by atoms with Crippen LogP contribution in [0.3, 0.4) is 0 Å². The van der Waals surface area contributed by atoms with Gasteiger partial charge in [0.05, 0.1) is 24.2 Å². The largest absolute Gasteiger partial charge is 0.449 e. The second kappa shape index (κ2) is 8.37. The van der Waals surface area contributed by atoms with Crippen molar-refractivity contribution in [2.75, 3.05) is 6.54 Å². The van der Waals surface area contributed by atoms with Crippen LogP contribution in [-0.2, 0) is 36.5 Å². The number of H-pyrrole nitrogens is 1. The molecule has 0 bridgehead atoms. The fraction of sp³-hybridized carbons (Fsp3) is 0.300. The van der Waals surface area contributed by atoms with E-state index < -0.39 is 29.6 Å². The molecule has 1 aliphatic rings. The van der Waals surface area contributed by atoms with Crippen LogP contribution < -0.4 is 4.74 Å². The first-order valence-corrected chi connectivity index (χ1v) is 9.57. The maximum Gasteiger partial charge on any atom is 0.449 e. The molecule has 0 radical (unpaired) electrons. The van der Waals surface area contributed by atoms with Crippen molar-refractivity contribution in [1.29, 1.82) is 0 Å². The third-order valence-electron chi connectivity index (χ3n) is 4.95. The number of fused-ring (bicyclic) bond motifs is 1. The van der Waals surface area contributed by atoms with Crippen LogP contribution in [0.2, 0.25) is 0 Å². The van der Waals surface area contributed by atoms with Crippen molar-refractivity contribution in [3.63, 3.8) is 0 Å². The number of ether oxygens (including phenoxy) is 1. The van der Waals surface area contributed by atoms with E-state index in [1.807, 2.05) is 0 Å². The Morgan fingerprint density at radius 2 is 1.76 bits per heavy atom. The molecule has 1 N–H and O–H groups in total. The van der Waals surface area contributed by atoms with Crippen LogP contribution in [0.15, 0.2) is 36.8 Å². The van der Waals surface area contributed by atoms with Gasteiger partial charge in [-0.2, -0.15) is 26.3 Å². The van der Waals surface area contributed by atoms with Gasteiger partial charge < -0.3 is 14.6 Å². The number of alkyl halides is 6. The van der Waals surface area contributed by atoms with E-state index in [-0.39, 0.29) is 36.8 Å². The molecular formula is C20H15F6N5O2. The van der Waals surface area contributed by atoms with Crippen molar-refractivity contribution in [1.82, 2.24) is 24.8 Å². The highest BCUT2D eigenvalue weighted by Gasteiger charge is 2.35. The zero-order valence-corrected chi connectivity index (χ0v) is 16.7. The van der Waals surface area contributed by atoms with Crippen molar-refractivity contribution in [2.45, 2.75) is 31.7 Å². The Hall–Kier alpha value is -3.64. The molecule has 174 valence electrons. The van der Waals surface area contributed by atoms with Crippen LogP contribution >= 0.6 is 0 Å². The molecule has 1 amide bonds. The summed E-state index contributed by atoms with van der Waals surface area (Å²) in [4.78, 5) is 27.5. The van der Waals surface area contributed by atoms with Gasteiger partial charge in [0.25, 0.3) is 0 Å². The van der Waals surface area contributed by atoms with Gasteiger partial charge in [-0.15, -0.1) is 0 Å². The van der Waals surface area contributed by atoms with E-state index >= 15 is 0 Å². The number of halogens is 6. The minimum absolute atomic E-state index is 0.0344. The lowest BCUT2D eigenvalue weighted by molar-refractivity contribution is -0.144. The average Bonchev–Trinajstić information content (AvgIpc) is 3.22. The fourth-order valence-electron chi connectivity index (χ4n) is 3.32. The average molecular weight is 471 g/mol. The van der Waals surface area contributed by atoms with Crippen LogP contribution in [0.1, 0.15) is 28.3 Å². The van der Waals surface area contributed by atoms with Gasteiger partial charge in [-0.1, -0.05) is 0 Å². The third-order valence-corrected chi connectivity index (χ3v) is 4.95. The second-order valence-corrected chi connectivity index (χ2v) is 7.23. The van der Waals surface area contributed by atoms with Crippen LogP contribution in [-0.4, -0.2) is 37.3 Å². The van der Waals surface area contributed by atoms with Crippen molar-refractivity contribution in [3.05, 3.63) is 65.1 Å². The molecule has 13 heteroatoms. The van der Waals surface area contributed by atoms with E-state index in [0.29, 0.717) is 17.7 Å². The molecule has 1 aromatic carbocycles. The van der Waals surface area contributed by atoms with Gasteiger partial charge in [-0.25, -0.2) is 15.0 Å². The maximum absolute atomic E-state index is 12.7. The van der Waals surface area contributed by atoms with Crippen molar-refractivity contribution in [3.8, 4) is 11.6 Å². The first kappa shape index (κ1) is 22.6. The lowest BCUT2D eigenvalue weighted by atomic mass is 10.1. The topological polar surface area (TPSA) is 84.0 Å². The summed E-state index contributed by atoms with van der Waals surface area (Å²) in [5, 5.41) is 0. The minimum atomic E-state index is -4.63. The molecule has 4 rings (SSSR count). The van der Waals surface area contributed by atoms with E-state index in [2.05, 4.69) is 19.9 Å². The Labute approximate surface area is 182 Å². The zero-order chi connectivity index (χ0) is 23.8. The van der Waals surface area contributed by atoms with Crippen LogP contribution in [0.25, 0.3) is 0 Å². The van der Waals surface area contributed by atoms with Crippen molar-refractivity contribution >= 4 is 5.91 Å². The highest BCUT2D eigenvalue weighted by Crippen LogP contribution is 2.33. The quantitative estimate of drug-likeness (QED) is 0.578. The van der Waals surface area contributed by atoms with Crippen LogP contribution in [0, 0.1) is 0 Å². The summed E-state index contributed by atoms with van der Waals surface area (Å²) in [6.45, 7) is 0.323. The number of nitrogens with zero attached hydrogens (tertiary/aromatic N) is 4. The van der Waals surface area contributed by atoms with Crippen LogP contribution in [0.5, 0.6) is 11.6 Å². The fourth-order valence-corrected chi connectivity index (χ4v) is 3.32. The third kappa shape index (κ3) is 5.07. The highest BCUT2D eigenvalue weighted by molar-refractivity contribution is 5.78. The number of carbonyl (C=O) groups is 1. The number of rotatable bonds is 4. The molecule has 0 spiro atoms. The molecule has 0 unspecified atom stereocenters. The predicted octanol–water partition coefficient (Wildman–Crippen LogP) is 4.16. The minimum Gasteiger partial charge on any atom is -0.439 e. The monoisotopic (exact) mass is 471 g/mol. The lowest BCUT2D eigenvalue weighted by Gasteiger charge is -2.28. The normalized spacial score (nSPS) is 14.2. The number of hydrogen-bond donors (Lipinski definition) is 1. The molecule has 0 fully saturated rings. The first-order chi connectivity index (χ1) is 15.5. The molecule has 1 aliphatic heterocycles. The van der Waals surface area contributed by atoms with Gasteiger partial charge >= 0.3 is 12.4 Å². The molecule has 2 aromatic heterocycles. The van der Waals surface area contributed by atoms with Crippen molar-refractivity contribution in [2.24, 2.45) is 0 Å². The first-order valence-electron chi connectivity index (χ1n) is 9.57. The van der Waals surface area contributed by atoms with E-state index in [9.17, 15) is 31.1 Å². The molecule has 33 heavy (non-hydrogen) atoms. The Morgan fingerprint density at radius 3 is 2.39 bits per heavy atom. The van der Waals surface area contributed by atoms with Gasteiger partial charge in [-0.05, 0) is 30.7 Å². The number of benzene rings is 1. The van der Waals surface area contributed by atoms with Gasteiger partial charge in [0, 0.05) is 24.0 Å². The summed E-state index contributed by atoms with van der Waals surface area (Å²) >= 11 is 0. The van der Waals surface area contributed by atoms with Gasteiger partial charge in [0.2, 0.25) is 17.6 Å².